The molecule has 0 radical (unpaired) electrons. The number of hydrogen-bond donors (Lipinski definition) is 0. The van der Waals surface area contributed by atoms with Gasteiger partial charge in [0.05, 0.1) is 0 Å². The van der Waals surface area contributed by atoms with Gasteiger partial charge in [-0.15, -0.1) is 0 Å². The maximum atomic E-state index is 2.62. The smallest absolute Gasteiger partial charge is 0.0450 e. The van der Waals surface area contributed by atoms with Crippen LogP contribution in [0.4, 0.5) is 11.4 Å². The summed E-state index contributed by atoms with van der Waals surface area (Å²) in [5.41, 5.74) is 15.3. The number of aryl methyl sites for hydroxylation is 1. The molecule has 0 N–H and O–H groups in total. The molecular formula is C48H41N. The molecule has 1 fully saturated rings. The van der Waals surface area contributed by atoms with Crippen LogP contribution < -0.4 is 4.90 Å². The van der Waals surface area contributed by atoms with Crippen molar-refractivity contribution in [3.63, 3.8) is 0 Å². The summed E-state index contributed by atoms with van der Waals surface area (Å²) in [6.07, 6.45) is 12.8. The van der Waals surface area contributed by atoms with E-state index in [1.165, 1.54) is 86.3 Å². The van der Waals surface area contributed by atoms with Crippen LogP contribution in [-0.4, -0.2) is 6.04 Å². The number of fused-ring (bicyclic) bond motifs is 3. The summed E-state index contributed by atoms with van der Waals surface area (Å²) in [6.45, 7) is 2.14. The van der Waals surface area contributed by atoms with Crippen LogP contribution in [0, 0.1) is 6.92 Å². The van der Waals surface area contributed by atoms with E-state index in [2.05, 4.69) is 194 Å². The molecule has 6 aromatic rings. The molecule has 2 atom stereocenters. The lowest BCUT2D eigenvalue weighted by Gasteiger charge is -2.27. The molecule has 6 aromatic carbocycles. The van der Waals surface area contributed by atoms with Gasteiger partial charge in [-0.1, -0.05) is 164 Å². The normalized spacial score (nSPS) is 16.8. The summed E-state index contributed by atoms with van der Waals surface area (Å²) in [5.74, 6) is 0.578. The third kappa shape index (κ3) is 6.45. The Morgan fingerprint density at radius 3 is 1.78 bits per heavy atom. The molecule has 1 aliphatic heterocycles. The van der Waals surface area contributed by atoms with Crippen molar-refractivity contribution < 1.29 is 0 Å². The Labute approximate surface area is 291 Å². The lowest BCUT2D eigenvalue weighted by atomic mass is 9.95. The second kappa shape index (κ2) is 13.8. The molecule has 2 unspecified atom stereocenters. The van der Waals surface area contributed by atoms with Crippen molar-refractivity contribution in [2.75, 3.05) is 4.90 Å². The van der Waals surface area contributed by atoms with Crippen molar-refractivity contribution in [2.24, 2.45) is 0 Å². The topological polar surface area (TPSA) is 3.24 Å². The monoisotopic (exact) mass is 631 g/mol. The predicted molar refractivity (Wildman–Crippen MR) is 209 cm³/mol. The Bertz CT molecular complexity index is 2080. The fraction of sp³-hybridized carbons (Fsp3) is 0.125. The second-order valence-corrected chi connectivity index (χ2v) is 13.3. The molecule has 49 heavy (non-hydrogen) atoms. The number of allylic oxidation sites excluding steroid dienone is 2. The van der Waals surface area contributed by atoms with Gasteiger partial charge in [0.1, 0.15) is 0 Å². The Morgan fingerprint density at radius 2 is 1.14 bits per heavy atom. The van der Waals surface area contributed by atoms with Gasteiger partial charge >= 0.3 is 0 Å². The Balaban J connectivity index is 1.08. The van der Waals surface area contributed by atoms with Crippen molar-refractivity contribution in [3.8, 4) is 0 Å². The number of anilines is 2. The highest BCUT2D eigenvalue weighted by Gasteiger charge is 2.42. The van der Waals surface area contributed by atoms with E-state index in [0.717, 1.165) is 0 Å². The standard InChI is InChI=1S/C48H41N/c1-35-23-28-41(29-24-35)45(40-18-9-4-10-19-40)33-37-25-30-42(31-26-37)49-47-22-12-21-44(47)46-34-36(27-32-48(46)49)13-11-20-43(38-14-5-2-6-15-38)39-16-7-3-8-17-39/h2-11,13-20,23-34,44,47H,12,21-22H2,1H3. The van der Waals surface area contributed by atoms with Gasteiger partial charge < -0.3 is 4.90 Å². The summed E-state index contributed by atoms with van der Waals surface area (Å²) in [7, 11) is 0. The average Bonchev–Trinajstić information content (AvgIpc) is 3.76. The number of hydrogen-bond acceptors (Lipinski definition) is 1. The van der Waals surface area contributed by atoms with E-state index in [0.29, 0.717) is 12.0 Å². The summed E-state index contributed by atoms with van der Waals surface area (Å²) in [5, 5.41) is 0. The first kappa shape index (κ1) is 30.7. The zero-order valence-electron chi connectivity index (χ0n) is 28.0. The summed E-state index contributed by atoms with van der Waals surface area (Å²) < 4.78 is 0. The van der Waals surface area contributed by atoms with Gasteiger partial charge in [-0.25, -0.2) is 0 Å². The number of benzene rings is 6. The largest absolute Gasteiger partial charge is 0.338 e. The zero-order valence-corrected chi connectivity index (χ0v) is 28.0. The van der Waals surface area contributed by atoms with Crippen molar-refractivity contribution in [1.29, 1.82) is 0 Å². The Morgan fingerprint density at radius 1 is 0.571 bits per heavy atom. The van der Waals surface area contributed by atoms with Crippen molar-refractivity contribution in [1.82, 2.24) is 0 Å². The molecule has 0 aromatic heterocycles. The molecule has 8 rings (SSSR count). The maximum Gasteiger partial charge on any atom is 0.0450 e. The van der Waals surface area contributed by atoms with Gasteiger partial charge in [0.15, 0.2) is 0 Å². The fourth-order valence-electron chi connectivity index (χ4n) is 7.75. The molecule has 1 nitrogen and oxygen atoms in total. The first-order valence-corrected chi connectivity index (χ1v) is 17.6. The molecule has 0 amide bonds. The predicted octanol–water partition coefficient (Wildman–Crippen LogP) is 12.5. The highest BCUT2D eigenvalue weighted by atomic mass is 15.2. The van der Waals surface area contributed by atoms with Crippen LogP contribution in [0.25, 0.3) is 23.3 Å². The second-order valence-electron chi connectivity index (χ2n) is 13.3. The summed E-state index contributed by atoms with van der Waals surface area (Å²) in [4.78, 5) is 2.62. The van der Waals surface area contributed by atoms with Gasteiger partial charge in [0.25, 0.3) is 0 Å². The van der Waals surface area contributed by atoms with Gasteiger partial charge in [-0.3, -0.25) is 0 Å². The molecule has 238 valence electrons. The first-order valence-electron chi connectivity index (χ1n) is 17.6. The molecule has 0 bridgehead atoms. The summed E-state index contributed by atoms with van der Waals surface area (Å²) >= 11 is 0. The minimum Gasteiger partial charge on any atom is -0.338 e. The Kier molecular flexibility index (Phi) is 8.65. The van der Waals surface area contributed by atoms with Crippen LogP contribution in [-0.2, 0) is 0 Å². The fourth-order valence-corrected chi connectivity index (χ4v) is 7.75. The van der Waals surface area contributed by atoms with E-state index in [-0.39, 0.29) is 0 Å². The lowest BCUT2D eigenvalue weighted by molar-refractivity contribution is 0.642. The van der Waals surface area contributed by atoms with Crippen molar-refractivity contribution >= 4 is 34.7 Å². The van der Waals surface area contributed by atoms with Crippen LogP contribution >= 0.6 is 0 Å². The molecule has 1 heterocycles. The average molecular weight is 632 g/mol. The van der Waals surface area contributed by atoms with Crippen molar-refractivity contribution in [3.05, 3.63) is 214 Å². The van der Waals surface area contributed by atoms with Gasteiger partial charge in [-0.05, 0) is 100 Å². The molecule has 2 aliphatic rings. The van der Waals surface area contributed by atoms with Crippen LogP contribution in [0.2, 0.25) is 0 Å². The van der Waals surface area contributed by atoms with Crippen molar-refractivity contribution in [2.45, 2.75) is 38.1 Å². The molecule has 1 aliphatic carbocycles. The maximum absolute atomic E-state index is 2.62. The highest BCUT2D eigenvalue weighted by molar-refractivity contribution is 5.92. The highest BCUT2D eigenvalue weighted by Crippen LogP contribution is 2.52. The van der Waals surface area contributed by atoms with E-state index in [1.54, 1.807) is 0 Å². The Hall–Kier alpha value is -5.66. The summed E-state index contributed by atoms with van der Waals surface area (Å²) in [6, 6.07) is 57.7. The van der Waals surface area contributed by atoms with Crippen LogP contribution in [0.15, 0.2) is 170 Å². The molecule has 1 saturated carbocycles. The quantitative estimate of drug-likeness (QED) is 0.119. The third-order valence-corrected chi connectivity index (χ3v) is 10.2. The van der Waals surface area contributed by atoms with E-state index >= 15 is 0 Å². The molecule has 1 heteroatoms. The third-order valence-electron chi connectivity index (χ3n) is 10.2. The number of nitrogens with zero attached hydrogens (tertiary/aromatic N) is 1. The van der Waals surface area contributed by atoms with Crippen LogP contribution in [0.3, 0.4) is 0 Å². The van der Waals surface area contributed by atoms with Gasteiger partial charge in [-0.2, -0.15) is 0 Å². The lowest BCUT2D eigenvalue weighted by Crippen LogP contribution is -2.26. The van der Waals surface area contributed by atoms with E-state index < -0.39 is 0 Å². The van der Waals surface area contributed by atoms with Crippen LogP contribution in [0.5, 0.6) is 0 Å². The molecule has 0 spiro atoms. The van der Waals surface area contributed by atoms with Gasteiger partial charge in [0.2, 0.25) is 0 Å². The minimum absolute atomic E-state index is 0.519. The first-order chi connectivity index (χ1) is 24.2. The molecule has 0 saturated heterocycles. The van der Waals surface area contributed by atoms with E-state index in [9.17, 15) is 0 Å². The van der Waals surface area contributed by atoms with E-state index in [4.69, 9.17) is 0 Å². The van der Waals surface area contributed by atoms with E-state index in [1.807, 2.05) is 0 Å². The van der Waals surface area contributed by atoms with Gasteiger partial charge in [0, 0.05) is 23.3 Å². The number of rotatable bonds is 8. The molecular weight excluding hydrogens is 591 g/mol. The SMILES string of the molecule is Cc1ccc(C(=Cc2ccc(N3c4ccc(C=CC=C(c5ccccc5)c5ccccc5)cc4C4CCCC43)cc2)c2ccccc2)cc1. The minimum atomic E-state index is 0.519. The zero-order chi connectivity index (χ0) is 33.0. The van der Waals surface area contributed by atoms with Crippen LogP contribution in [0.1, 0.15) is 69.7 Å².